The molecule has 0 aromatic rings. The highest BCUT2D eigenvalue weighted by atomic mass is 15.0. The molecule has 19 heavy (non-hydrogen) atoms. The molecule has 2 aliphatic rings. The summed E-state index contributed by atoms with van der Waals surface area (Å²) < 4.78 is 0. The summed E-state index contributed by atoms with van der Waals surface area (Å²) in [6, 6.07) is 1.99. The molecule has 2 fully saturated rings. The lowest BCUT2D eigenvalue weighted by Crippen LogP contribution is -2.42. The lowest BCUT2D eigenvalue weighted by molar-refractivity contribution is 0.212. The SMILES string of the molecule is CC(C)(C)C1CCCC(NC2CCC(N)CC2)CC1. The van der Waals surface area contributed by atoms with Gasteiger partial charge in [-0.15, -0.1) is 0 Å². The largest absolute Gasteiger partial charge is 0.328 e. The minimum Gasteiger partial charge on any atom is -0.328 e. The Morgan fingerprint density at radius 2 is 1.37 bits per heavy atom. The first-order valence-corrected chi connectivity index (χ1v) is 8.47. The van der Waals surface area contributed by atoms with Crippen molar-refractivity contribution in [3.05, 3.63) is 0 Å². The van der Waals surface area contributed by atoms with E-state index in [1.807, 2.05) is 0 Å². The van der Waals surface area contributed by atoms with E-state index in [0.717, 1.165) is 18.0 Å². The molecule has 0 saturated heterocycles. The fraction of sp³-hybridized carbons (Fsp3) is 1.00. The minimum atomic E-state index is 0.470. The fourth-order valence-electron chi connectivity index (χ4n) is 3.95. The van der Waals surface area contributed by atoms with E-state index in [2.05, 4.69) is 26.1 Å². The molecular formula is C17H34N2. The molecule has 0 bridgehead atoms. The predicted octanol–water partition coefficient (Wildman–Crippen LogP) is 3.84. The number of nitrogens with one attached hydrogen (secondary N) is 1. The van der Waals surface area contributed by atoms with Crippen LogP contribution in [0.3, 0.4) is 0 Å². The predicted molar refractivity (Wildman–Crippen MR) is 83.2 cm³/mol. The molecule has 0 aromatic heterocycles. The first-order valence-electron chi connectivity index (χ1n) is 8.47. The zero-order chi connectivity index (χ0) is 13.9. The van der Waals surface area contributed by atoms with E-state index in [1.54, 1.807) is 0 Å². The molecule has 2 atom stereocenters. The summed E-state index contributed by atoms with van der Waals surface area (Å²) in [7, 11) is 0. The second-order valence-electron chi connectivity index (χ2n) is 8.05. The van der Waals surface area contributed by atoms with Crippen molar-refractivity contribution in [1.29, 1.82) is 0 Å². The van der Waals surface area contributed by atoms with Crippen LogP contribution in [-0.4, -0.2) is 18.1 Å². The van der Waals surface area contributed by atoms with Crippen molar-refractivity contribution in [1.82, 2.24) is 5.32 Å². The smallest absolute Gasteiger partial charge is 0.00708 e. The van der Waals surface area contributed by atoms with Crippen molar-refractivity contribution < 1.29 is 0 Å². The van der Waals surface area contributed by atoms with Crippen LogP contribution in [0, 0.1) is 11.3 Å². The Morgan fingerprint density at radius 1 is 0.789 bits per heavy atom. The maximum Gasteiger partial charge on any atom is 0.00708 e. The summed E-state index contributed by atoms with van der Waals surface area (Å²) in [5, 5.41) is 3.93. The van der Waals surface area contributed by atoms with E-state index < -0.39 is 0 Å². The second kappa shape index (κ2) is 6.58. The first kappa shape index (κ1) is 15.3. The van der Waals surface area contributed by atoms with Crippen LogP contribution in [0.4, 0.5) is 0 Å². The first-order chi connectivity index (χ1) is 8.95. The highest BCUT2D eigenvalue weighted by molar-refractivity contribution is 4.85. The van der Waals surface area contributed by atoms with Gasteiger partial charge in [-0.1, -0.05) is 27.2 Å². The van der Waals surface area contributed by atoms with E-state index in [-0.39, 0.29) is 0 Å². The van der Waals surface area contributed by atoms with Gasteiger partial charge in [0, 0.05) is 18.1 Å². The van der Waals surface area contributed by atoms with Crippen molar-refractivity contribution >= 4 is 0 Å². The van der Waals surface area contributed by atoms with E-state index in [4.69, 9.17) is 5.73 Å². The number of rotatable bonds is 2. The monoisotopic (exact) mass is 266 g/mol. The van der Waals surface area contributed by atoms with Gasteiger partial charge in [-0.3, -0.25) is 0 Å². The van der Waals surface area contributed by atoms with Crippen LogP contribution < -0.4 is 11.1 Å². The van der Waals surface area contributed by atoms with Crippen molar-refractivity contribution in [3.8, 4) is 0 Å². The molecule has 2 unspecified atom stereocenters. The van der Waals surface area contributed by atoms with Crippen LogP contribution in [0.2, 0.25) is 0 Å². The average Bonchev–Trinajstić information content (AvgIpc) is 2.57. The third-order valence-electron chi connectivity index (χ3n) is 5.44. The van der Waals surface area contributed by atoms with Gasteiger partial charge in [0.2, 0.25) is 0 Å². The summed E-state index contributed by atoms with van der Waals surface area (Å²) in [6.07, 6.45) is 12.0. The van der Waals surface area contributed by atoms with Crippen molar-refractivity contribution in [2.45, 2.75) is 96.7 Å². The molecular weight excluding hydrogens is 232 g/mol. The summed E-state index contributed by atoms with van der Waals surface area (Å²) in [6.45, 7) is 7.23. The number of hydrogen-bond donors (Lipinski definition) is 2. The van der Waals surface area contributed by atoms with Gasteiger partial charge in [-0.25, -0.2) is 0 Å². The van der Waals surface area contributed by atoms with Gasteiger partial charge in [0.05, 0.1) is 0 Å². The third kappa shape index (κ3) is 4.75. The van der Waals surface area contributed by atoms with Crippen LogP contribution >= 0.6 is 0 Å². The van der Waals surface area contributed by atoms with Gasteiger partial charge in [0.15, 0.2) is 0 Å². The topological polar surface area (TPSA) is 38.0 Å². The Bertz CT molecular complexity index is 261. The Balaban J connectivity index is 1.76. The van der Waals surface area contributed by atoms with Crippen molar-refractivity contribution in [2.75, 3.05) is 0 Å². The highest BCUT2D eigenvalue weighted by Gasteiger charge is 2.29. The molecule has 0 spiro atoms. The fourth-order valence-corrected chi connectivity index (χ4v) is 3.95. The van der Waals surface area contributed by atoms with E-state index in [1.165, 1.54) is 57.8 Å². The van der Waals surface area contributed by atoms with Crippen LogP contribution in [0.25, 0.3) is 0 Å². The molecule has 3 N–H and O–H groups in total. The lowest BCUT2D eigenvalue weighted by atomic mass is 9.76. The molecule has 2 heteroatoms. The zero-order valence-corrected chi connectivity index (χ0v) is 13.3. The lowest BCUT2D eigenvalue weighted by Gasteiger charge is -2.31. The molecule has 112 valence electrons. The summed E-state index contributed by atoms with van der Waals surface area (Å²) in [5.41, 5.74) is 6.49. The number of hydrogen-bond acceptors (Lipinski definition) is 2. The Labute approximate surface area is 119 Å². The molecule has 0 radical (unpaired) electrons. The molecule has 0 amide bonds. The quantitative estimate of drug-likeness (QED) is 0.745. The minimum absolute atomic E-state index is 0.470. The molecule has 2 aliphatic carbocycles. The van der Waals surface area contributed by atoms with Gasteiger partial charge in [0.25, 0.3) is 0 Å². The third-order valence-corrected chi connectivity index (χ3v) is 5.44. The summed E-state index contributed by atoms with van der Waals surface area (Å²) >= 11 is 0. The molecule has 2 saturated carbocycles. The molecule has 0 aliphatic heterocycles. The zero-order valence-electron chi connectivity index (χ0n) is 13.3. The van der Waals surface area contributed by atoms with Crippen LogP contribution in [0.1, 0.15) is 78.6 Å². The van der Waals surface area contributed by atoms with E-state index in [0.29, 0.717) is 11.5 Å². The number of nitrogens with two attached hydrogens (primary N) is 1. The second-order valence-corrected chi connectivity index (χ2v) is 8.05. The standard InChI is InChI=1S/C17H34N2/c1-17(2,3)13-5-4-6-15(10-7-13)19-16-11-8-14(18)9-12-16/h13-16,19H,4-12,18H2,1-3H3. The van der Waals surface area contributed by atoms with Gasteiger partial charge in [-0.2, -0.15) is 0 Å². The van der Waals surface area contributed by atoms with E-state index in [9.17, 15) is 0 Å². The maximum absolute atomic E-state index is 5.99. The average molecular weight is 266 g/mol. The summed E-state index contributed by atoms with van der Waals surface area (Å²) in [5.74, 6) is 0.916. The van der Waals surface area contributed by atoms with Crippen LogP contribution in [-0.2, 0) is 0 Å². The van der Waals surface area contributed by atoms with Crippen molar-refractivity contribution in [2.24, 2.45) is 17.1 Å². The van der Waals surface area contributed by atoms with E-state index >= 15 is 0 Å². The van der Waals surface area contributed by atoms with Gasteiger partial charge >= 0.3 is 0 Å². The molecule has 2 nitrogen and oxygen atoms in total. The normalized spacial score (nSPS) is 37.9. The van der Waals surface area contributed by atoms with Gasteiger partial charge in [0.1, 0.15) is 0 Å². The Kier molecular flexibility index (Phi) is 5.30. The highest BCUT2D eigenvalue weighted by Crippen LogP contribution is 2.37. The molecule has 0 aromatic carbocycles. The van der Waals surface area contributed by atoms with Crippen LogP contribution in [0.15, 0.2) is 0 Å². The van der Waals surface area contributed by atoms with Crippen molar-refractivity contribution in [3.63, 3.8) is 0 Å². The van der Waals surface area contributed by atoms with Crippen LogP contribution in [0.5, 0.6) is 0 Å². The Hall–Kier alpha value is -0.0800. The van der Waals surface area contributed by atoms with Gasteiger partial charge < -0.3 is 11.1 Å². The Morgan fingerprint density at radius 3 is 2.00 bits per heavy atom. The maximum atomic E-state index is 5.99. The molecule has 0 heterocycles. The molecule has 2 rings (SSSR count). The summed E-state index contributed by atoms with van der Waals surface area (Å²) in [4.78, 5) is 0. The van der Waals surface area contributed by atoms with Gasteiger partial charge in [-0.05, 0) is 62.7 Å².